The number of aromatic amines is 1. The Morgan fingerprint density at radius 3 is 2.19 bits per heavy atom. The Morgan fingerprint density at radius 1 is 1.00 bits per heavy atom. The smallest absolute Gasteiger partial charge is 0.326 e. The number of benzene rings is 1. The molecule has 0 fully saturated rings. The molecule has 1 heterocycles. The topological polar surface area (TPSA) is 220 Å². The molecule has 0 saturated heterocycles. The van der Waals surface area contributed by atoms with Gasteiger partial charge in [-0.1, -0.05) is 12.1 Å². The van der Waals surface area contributed by atoms with Gasteiger partial charge in [0.1, 0.15) is 23.9 Å². The molecule has 2 rings (SSSR count). The number of aromatic nitrogens is 2. The van der Waals surface area contributed by atoms with Crippen LogP contribution in [0.3, 0.4) is 0 Å². The van der Waals surface area contributed by atoms with Gasteiger partial charge in [-0.15, -0.1) is 0 Å². The lowest BCUT2D eigenvalue weighted by Crippen LogP contribution is -2.58. The molecule has 0 radical (unpaired) electrons. The molecular weight excluding hydrogens is 504 g/mol. The highest BCUT2D eigenvalue weighted by atomic mass is 32.2. The van der Waals surface area contributed by atoms with Crippen LogP contribution in [-0.2, 0) is 32.0 Å². The van der Waals surface area contributed by atoms with Crippen molar-refractivity contribution in [3.63, 3.8) is 0 Å². The Morgan fingerprint density at radius 2 is 1.62 bits per heavy atom. The third kappa shape index (κ3) is 9.74. The molecule has 0 aliphatic rings. The molecule has 37 heavy (non-hydrogen) atoms. The number of amides is 3. The van der Waals surface area contributed by atoms with Crippen molar-refractivity contribution in [2.45, 2.75) is 43.4 Å². The lowest BCUT2D eigenvalue weighted by Gasteiger charge is -2.24. The van der Waals surface area contributed by atoms with Gasteiger partial charge in [0.25, 0.3) is 0 Å². The fraction of sp³-hybridized carbons (Fsp3) is 0.435. The molecule has 0 spiro atoms. The highest BCUT2D eigenvalue weighted by Crippen LogP contribution is 2.12. The second-order valence-corrected chi connectivity index (χ2v) is 9.23. The Labute approximate surface area is 217 Å². The average Bonchev–Trinajstić information content (AvgIpc) is 3.38. The van der Waals surface area contributed by atoms with E-state index in [-0.39, 0.29) is 25.0 Å². The number of hydrogen-bond donors (Lipinski definition) is 8. The fourth-order valence-corrected chi connectivity index (χ4v) is 3.78. The van der Waals surface area contributed by atoms with E-state index in [1.54, 1.807) is 18.4 Å². The van der Waals surface area contributed by atoms with Gasteiger partial charge < -0.3 is 42.0 Å². The van der Waals surface area contributed by atoms with Gasteiger partial charge in [-0.3, -0.25) is 14.4 Å². The minimum atomic E-state index is -1.46. The van der Waals surface area contributed by atoms with Gasteiger partial charge in [-0.2, -0.15) is 11.8 Å². The second kappa shape index (κ2) is 14.8. The number of carbonyl (C=O) groups is 4. The summed E-state index contributed by atoms with van der Waals surface area (Å²) in [6.45, 7) is -0.800. The molecule has 0 aliphatic carbocycles. The number of hydrogen-bond acceptors (Lipinski definition) is 9. The van der Waals surface area contributed by atoms with E-state index in [2.05, 4.69) is 25.9 Å². The van der Waals surface area contributed by atoms with Crippen LogP contribution >= 0.6 is 11.8 Å². The van der Waals surface area contributed by atoms with Gasteiger partial charge in [0.15, 0.2) is 0 Å². The normalized spacial score (nSPS) is 14.1. The maximum Gasteiger partial charge on any atom is 0.326 e. The van der Waals surface area contributed by atoms with E-state index >= 15 is 0 Å². The minimum Gasteiger partial charge on any atom is -0.508 e. The van der Waals surface area contributed by atoms with Crippen molar-refractivity contribution < 1.29 is 34.5 Å². The third-order valence-corrected chi connectivity index (χ3v) is 6.03. The summed E-state index contributed by atoms with van der Waals surface area (Å²) in [4.78, 5) is 56.6. The quantitative estimate of drug-likeness (QED) is 0.132. The fourth-order valence-electron chi connectivity index (χ4n) is 3.31. The Kier molecular flexibility index (Phi) is 11.9. The number of aliphatic carboxylic acids is 1. The molecule has 1 aromatic carbocycles. The summed E-state index contributed by atoms with van der Waals surface area (Å²) in [6.07, 6.45) is 5.02. The summed E-state index contributed by atoms with van der Waals surface area (Å²) in [5.41, 5.74) is 7.19. The number of rotatable bonds is 15. The van der Waals surface area contributed by atoms with E-state index in [9.17, 15) is 34.5 Å². The Bertz CT molecular complexity index is 1030. The van der Waals surface area contributed by atoms with Crippen molar-refractivity contribution in [3.8, 4) is 5.75 Å². The minimum absolute atomic E-state index is 0.0140. The molecule has 1 aromatic heterocycles. The molecule has 3 amide bonds. The van der Waals surface area contributed by atoms with Crippen LogP contribution in [0.5, 0.6) is 5.75 Å². The zero-order chi connectivity index (χ0) is 27.4. The number of carbonyl (C=O) groups excluding carboxylic acids is 3. The van der Waals surface area contributed by atoms with E-state index in [4.69, 9.17) is 5.73 Å². The first-order valence-electron chi connectivity index (χ1n) is 11.4. The number of nitrogens with two attached hydrogens (primary N) is 1. The number of carboxylic acid groups (broad SMARTS) is 1. The summed E-state index contributed by atoms with van der Waals surface area (Å²) in [5.74, 6) is -3.06. The molecule has 202 valence electrons. The van der Waals surface area contributed by atoms with Gasteiger partial charge >= 0.3 is 5.97 Å². The van der Waals surface area contributed by atoms with Gasteiger partial charge in [0.2, 0.25) is 17.7 Å². The molecule has 4 unspecified atom stereocenters. The third-order valence-electron chi connectivity index (χ3n) is 5.38. The highest BCUT2D eigenvalue weighted by molar-refractivity contribution is 7.98. The predicted octanol–water partition coefficient (Wildman–Crippen LogP) is -1.49. The number of carboxylic acids is 1. The van der Waals surface area contributed by atoms with Crippen molar-refractivity contribution in [2.24, 2.45) is 5.73 Å². The lowest BCUT2D eigenvalue weighted by molar-refractivity contribution is -0.142. The number of thioether (sulfide) groups is 1. The van der Waals surface area contributed by atoms with Crippen LogP contribution in [0.15, 0.2) is 36.8 Å². The zero-order valence-electron chi connectivity index (χ0n) is 20.2. The molecule has 4 atom stereocenters. The largest absolute Gasteiger partial charge is 0.508 e. The van der Waals surface area contributed by atoms with E-state index < -0.39 is 54.5 Å². The number of aromatic hydroxyl groups is 1. The monoisotopic (exact) mass is 536 g/mol. The molecule has 9 N–H and O–H groups in total. The van der Waals surface area contributed by atoms with Crippen LogP contribution in [0.2, 0.25) is 0 Å². The molecule has 2 aromatic rings. The molecule has 14 heteroatoms. The number of phenolic OH excluding ortho intramolecular Hbond substituents is 1. The summed E-state index contributed by atoms with van der Waals surface area (Å²) in [5, 5.41) is 35.8. The van der Waals surface area contributed by atoms with E-state index in [0.717, 1.165) is 0 Å². The van der Waals surface area contributed by atoms with Crippen molar-refractivity contribution in [1.82, 2.24) is 25.9 Å². The number of aliphatic hydroxyl groups is 1. The van der Waals surface area contributed by atoms with E-state index in [0.29, 0.717) is 17.0 Å². The molecular formula is C23H32N6O7S. The lowest BCUT2D eigenvalue weighted by atomic mass is 10.0. The maximum atomic E-state index is 13.1. The first-order valence-corrected chi connectivity index (χ1v) is 12.8. The number of aliphatic hydroxyl groups excluding tert-OH is 1. The van der Waals surface area contributed by atoms with Gasteiger partial charge in [0.05, 0.1) is 19.0 Å². The molecule has 0 aliphatic heterocycles. The van der Waals surface area contributed by atoms with Crippen LogP contribution in [0.4, 0.5) is 0 Å². The van der Waals surface area contributed by atoms with Gasteiger partial charge in [-0.05, 0) is 36.1 Å². The number of nitrogens with one attached hydrogen (secondary N) is 4. The average molecular weight is 537 g/mol. The van der Waals surface area contributed by atoms with E-state index in [1.165, 1.54) is 36.4 Å². The summed E-state index contributed by atoms with van der Waals surface area (Å²) in [7, 11) is 0. The predicted molar refractivity (Wildman–Crippen MR) is 136 cm³/mol. The standard InChI is InChI=1S/C23H32N6O7S/c1-37-7-6-17(23(35)36)27-22(34)19(11-30)29-21(33)18(8-13-2-4-15(31)5-3-13)28-20(32)16(24)9-14-10-25-12-26-14/h2-5,10,12,16-19,30-31H,6-9,11,24H2,1H3,(H,25,26)(H,27,34)(H,28,32)(H,29,33)(H,35,36). The highest BCUT2D eigenvalue weighted by Gasteiger charge is 2.30. The van der Waals surface area contributed by atoms with Gasteiger partial charge in [0, 0.05) is 24.7 Å². The summed E-state index contributed by atoms with van der Waals surface area (Å²) < 4.78 is 0. The van der Waals surface area contributed by atoms with Crippen LogP contribution in [-0.4, -0.2) is 91.8 Å². The SMILES string of the molecule is CSCCC(NC(=O)C(CO)NC(=O)C(Cc1ccc(O)cc1)NC(=O)C(N)Cc1cnc[nH]1)C(=O)O. The number of nitrogens with zero attached hydrogens (tertiary/aromatic N) is 1. The van der Waals surface area contributed by atoms with Crippen LogP contribution in [0.25, 0.3) is 0 Å². The van der Waals surface area contributed by atoms with Crippen LogP contribution in [0, 0.1) is 0 Å². The first kappa shape index (κ1) is 29.6. The number of imidazole rings is 1. The maximum absolute atomic E-state index is 13.1. The van der Waals surface area contributed by atoms with Crippen molar-refractivity contribution in [1.29, 1.82) is 0 Å². The second-order valence-electron chi connectivity index (χ2n) is 8.24. The van der Waals surface area contributed by atoms with Gasteiger partial charge in [-0.25, -0.2) is 9.78 Å². The summed E-state index contributed by atoms with van der Waals surface area (Å²) >= 11 is 1.41. The number of phenols is 1. The molecule has 0 bridgehead atoms. The first-order chi connectivity index (χ1) is 17.6. The number of H-pyrrole nitrogens is 1. The Hall–Kier alpha value is -3.62. The van der Waals surface area contributed by atoms with Crippen molar-refractivity contribution >= 4 is 35.5 Å². The van der Waals surface area contributed by atoms with Crippen molar-refractivity contribution in [2.75, 3.05) is 18.6 Å². The summed E-state index contributed by atoms with van der Waals surface area (Å²) in [6, 6.07) is 1.10. The van der Waals surface area contributed by atoms with Crippen molar-refractivity contribution in [3.05, 3.63) is 48.0 Å². The van der Waals surface area contributed by atoms with E-state index in [1.807, 2.05) is 0 Å². The molecule has 13 nitrogen and oxygen atoms in total. The zero-order valence-corrected chi connectivity index (χ0v) is 21.0. The Balaban J connectivity index is 2.13. The van der Waals surface area contributed by atoms with Crippen LogP contribution < -0.4 is 21.7 Å². The molecule has 0 saturated carbocycles. The van der Waals surface area contributed by atoms with Crippen LogP contribution in [0.1, 0.15) is 17.7 Å².